The molecular formula is C14H24N2O2. The Morgan fingerprint density at radius 2 is 2.00 bits per heavy atom. The van der Waals surface area contributed by atoms with Crippen molar-refractivity contribution in [1.82, 2.24) is 4.98 Å². The second-order valence-electron chi connectivity index (χ2n) is 4.39. The van der Waals surface area contributed by atoms with Crippen molar-refractivity contribution < 1.29 is 10.2 Å². The van der Waals surface area contributed by atoms with Gasteiger partial charge in [0.25, 0.3) is 0 Å². The molecule has 18 heavy (non-hydrogen) atoms. The Labute approximate surface area is 109 Å². The third-order valence-corrected chi connectivity index (χ3v) is 2.91. The lowest BCUT2D eigenvalue weighted by atomic mass is 10.1. The highest BCUT2D eigenvalue weighted by Gasteiger charge is 2.08. The first-order valence-electron chi connectivity index (χ1n) is 6.71. The molecule has 1 aromatic rings. The third-order valence-electron chi connectivity index (χ3n) is 2.91. The molecule has 1 aromatic heterocycles. The van der Waals surface area contributed by atoms with Crippen LogP contribution in [0.5, 0.6) is 0 Å². The Kier molecular flexibility index (Phi) is 6.68. The summed E-state index contributed by atoms with van der Waals surface area (Å²) >= 11 is 0. The molecule has 0 aromatic carbocycles. The zero-order valence-corrected chi connectivity index (χ0v) is 11.4. The van der Waals surface area contributed by atoms with Crippen molar-refractivity contribution in [3.63, 3.8) is 0 Å². The van der Waals surface area contributed by atoms with E-state index in [1.807, 2.05) is 12.1 Å². The minimum Gasteiger partial charge on any atom is -0.396 e. The van der Waals surface area contributed by atoms with Gasteiger partial charge in [-0.25, -0.2) is 4.98 Å². The van der Waals surface area contributed by atoms with Crippen LogP contribution in [0.1, 0.15) is 37.9 Å². The molecule has 0 fully saturated rings. The number of aromatic nitrogens is 1. The molecule has 4 heteroatoms. The van der Waals surface area contributed by atoms with Crippen molar-refractivity contribution in [2.75, 3.05) is 24.6 Å². The summed E-state index contributed by atoms with van der Waals surface area (Å²) in [6.45, 7) is 6.08. The predicted molar refractivity (Wildman–Crippen MR) is 73.7 cm³/mol. The van der Waals surface area contributed by atoms with Gasteiger partial charge in [-0.3, -0.25) is 0 Å². The van der Waals surface area contributed by atoms with Crippen LogP contribution in [-0.4, -0.2) is 34.9 Å². The monoisotopic (exact) mass is 252 g/mol. The second kappa shape index (κ2) is 8.06. The van der Waals surface area contributed by atoms with Crippen LogP contribution in [0.15, 0.2) is 12.1 Å². The summed E-state index contributed by atoms with van der Waals surface area (Å²) in [7, 11) is 0. The van der Waals surface area contributed by atoms with E-state index in [9.17, 15) is 5.11 Å². The van der Waals surface area contributed by atoms with Gasteiger partial charge in [-0.15, -0.1) is 0 Å². The molecule has 0 saturated carbocycles. The Bertz CT molecular complexity index is 356. The van der Waals surface area contributed by atoms with Crippen molar-refractivity contribution in [3.8, 4) is 0 Å². The summed E-state index contributed by atoms with van der Waals surface area (Å²) in [5.74, 6) is 0.904. The normalized spacial score (nSPS) is 10.7. The SMILES string of the molecule is CCCc1cc(CO)cc(N(CC)CCCO)n1. The number of aryl methyl sites for hydroxylation is 1. The van der Waals surface area contributed by atoms with Gasteiger partial charge in [-0.1, -0.05) is 13.3 Å². The van der Waals surface area contributed by atoms with Gasteiger partial charge in [0, 0.05) is 25.4 Å². The van der Waals surface area contributed by atoms with Crippen molar-refractivity contribution in [3.05, 3.63) is 23.4 Å². The fourth-order valence-electron chi connectivity index (χ4n) is 1.97. The maximum atomic E-state index is 9.30. The Balaban J connectivity index is 2.93. The summed E-state index contributed by atoms with van der Waals surface area (Å²) in [4.78, 5) is 6.76. The van der Waals surface area contributed by atoms with Gasteiger partial charge in [0.1, 0.15) is 5.82 Å². The molecule has 0 amide bonds. The topological polar surface area (TPSA) is 56.6 Å². The molecule has 0 atom stereocenters. The van der Waals surface area contributed by atoms with E-state index >= 15 is 0 Å². The van der Waals surface area contributed by atoms with Gasteiger partial charge in [-0.05, 0) is 37.5 Å². The maximum absolute atomic E-state index is 9.30. The van der Waals surface area contributed by atoms with E-state index in [4.69, 9.17) is 5.11 Å². The lowest BCUT2D eigenvalue weighted by molar-refractivity contribution is 0.281. The third kappa shape index (κ3) is 4.27. The molecule has 0 aliphatic rings. The van der Waals surface area contributed by atoms with Gasteiger partial charge in [0.2, 0.25) is 0 Å². The van der Waals surface area contributed by atoms with E-state index in [0.717, 1.165) is 49.4 Å². The van der Waals surface area contributed by atoms with Crippen molar-refractivity contribution in [2.24, 2.45) is 0 Å². The number of aliphatic hydroxyl groups excluding tert-OH is 2. The lowest BCUT2D eigenvalue weighted by Gasteiger charge is -2.22. The summed E-state index contributed by atoms with van der Waals surface area (Å²) in [6, 6.07) is 3.90. The van der Waals surface area contributed by atoms with E-state index < -0.39 is 0 Å². The van der Waals surface area contributed by atoms with Crippen molar-refractivity contribution in [2.45, 2.75) is 39.7 Å². The quantitative estimate of drug-likeness (QED) is 0.740. The summed E-state index contributed by atoms with van der Waals surface area (Å²) < 4.78 is 0. The van der Waals surface area contributed by atoms with E-state index in [1.165, 1.54) is 0 Å². The smallest absolute Gasteiger partial charge is 0.129 e. The molecule has 102 valence electrons. The lowest BCUT2D eigenvalue weighted by Crippen LogP contribution is -2.26. The number of pyridine rings is 1. The van der Waals surface area contributed by atoms with Gasteiger partial charge in [0.05, 0.1) is 6.61 Å². The zero-order valence-electron chi connectivity index (χ0n) is 11.4. The molecule has 0 spiro atoms. The number of hydrogen-bond acceptors (Lipinski definition) is 4. The molecule has 0 bridgehead atoms. The van der Waals surface area contributed by atoms with E-state index in [2.05, 4.69) is 23.7 Å². The summed E-state index contributed by atoms with van der Waals surface area (Å²) in [6.07, 6.45) is 2.71. The van der Waals surface area contributed by atoms with Crippen LogP contribution < -0.4 is 4.90 Å². The Morgan fingerprint density at radius 1 is 1.22 bits per heavy atom. The number of rotatable bonds is 8. The van der Waals surface area contributed by atoms with Crippen LogP contribution >= 0.6 is 0 Å². The highest BCUT2D eigenvalue weighted by atomic mass is 16.3. The van der Waals surface area contributed by atoms with Gasteiger partial charge in [0.15, 0.2) is 0 Å². The number of nitrogens with zero attached hydrogens (tertiary/aromatic N) is 2. The Morgan fingerprint density at radius 3 is 2.56 bits per heavy atom. The fourth-order valence-corrected chi connectivity index (χ4v) is 1.97. The standard InChI is InChI=1S/C14H24N2O2/c1-3-6-13-9-12(11-18)10-14(15-13)16(4-2)7-5-8-17/h9-10,17-18H,3-8,11H2,1-2H3. The molecule has 0 aliphatic heterocycles. The highest BCUT2D eigenvalue weighted by Crippen LogP contribution is 2.16. The minimum atomic E-state index is 0.0454. The second-order valence-corrected chi connectivity index (χ2v) is 4.39. The number of aliphatic hydroxyl groups is 2. The highest BCUT2D eigenvalue weighted by molar-refractivity contribution is 5.42. The first-order chi connectivity index (χ1) is 8.74. The number of anilines is 1. The van der Waals surface area contributed by atoms with Gasteiger partial charge >= 0.3 is 0 Å². The van der Waals surface area contributed by atoms with Crippen LogP contribution in [-0.2, 0) is 13.0 Å². The molecular weight excluding hydrogens is 228 g/mol. The average molecular weight is 252 g/mol. The van der Waals surface area contributed by atoms with E-state index in [1.54, 1.807) is 0 Å². The molecule has 0 saturated heterocycles. The fraction of sp³-hybridized carbons (Fsp3) is 0.643. The van der Waals surface area contributed by atoms with Crippen LogP contribution in [0.25, 0.3) is 0 Å². The molecule has 1 rings (SSSR count). The van der Waals surface area contributed by atoms with E-state index in [0.29, 0.717) is 0 Å². The molecule has 2 N–H and O–H groups in total. The first-order valence-corrected chi connectivity index (χ1v) is 6.71. The average Bonchev–Trinajstić information content (AvgIpc) is 2.39. The first kappa shape index (κ1) is 14.9. The molecule has 1 heterocycles. The predicted octanol–water partition coefficient (Wildman–Crippen LogP) is 1.74. The van der Waals surface area contributed by atoms with Gasteiger partial charge in [-0.2, -0.15) is 0 Å². The van der Waals surface area contributed by atoms with Crippen LogP contribution in [0.3, 0.4) is 0 Å². The zero-order chi connectivity index (χ0) is 13.4. The molecule has 0 radical (unpaired) electrons. The largest absolute Gasteiger partial charge is 0.396 e. The van der Waals surface area contributed by atoms with Gasteiger partial charge < -0.3 is 15.1 Å². The summed E-state index contributed by atoms with van der Waals surface area (Å²) in [5.41, 5.74) is 1.94. The Hall–Kier alpha value is -1.13. The van der Waals surface area contributed by atoms with Crippen molar-refractivity contribution >= 4 is 5.82 Å². The molecule has 4 nitrogen and oxygen atoms in total. The minimum absolute atomic E-state index is 0.0454. The maximum Gasteiger partial charge on any atom is 0.129 e. The van der Waals surface area contributed by atoms with Crippen LogP contribution in [0, 0.1) is 0 Å². The molecule has 0 unspecified atom stereocenters. The number of hydrogen-bond donors (Lipinski definition) is 2. The van der Waals surface area contributed by atoms with Crippen LogP contribution in [0.4, 0.5) is 5.82 Å². The molecule has 0 aliphatic carbocycles. The van der Waals surface area contributed by atoms with E-state index in [-0.39, 0.29) is 13.2 Å². The summed E-state index contributed by atoms with van der Waals surface area (Å²) in [5, 5.41) is 18.2. The van der Waals surface area contributed by atoms with Crippen molar-refractivity contribution in [1.29, 1.82) is 0 Å². The van der Waals surface area contributed by atoms with Crippen LogP contribution in [0.2, 0.25) is 0 Å².